The molecule has 110 valence electrons. The van der Waals surface area contributed by atoms with Crippen LogP contribution in [0.3, 0.4) is 0 Å². The third-order valence-corrected chi connectivity index (χ3v) is 3.67. The topological polar surface area (TPSA) is 73.1 Å². The summed E-state index contributed by atoms with van der Waals surface area (Å²) >= 11 is 0. The van der Waals surface area contributed by atoms with Crippen molar-refractivity contribution >= 4 is 11.5 Å². The molecule has 0 saturated carbocycles. The smallest absolute Gasteiger partial charge is 0.242 e. The Morgan fingerprint density at radius 2 is 2.14 bits per heavy atom. The van der Waals surface area contributed by atoms with Gasteiger partial charge in [0.1, 0.15) is 12.0 Å². The van der Waals surface area contributed by atoms with Crippen LogP contribution in [0.4, 0.5) is 11.5 Å². The van der Waals surface area contributed by atoms with E-state index in [1.165, 1.54) is 17.5 Å². The van der Waals surface area contributed by atoms with Gasteiger partial charge in [-0.25, -0.2) is 4.98 Å². The second-order valence-corrected chi connectivity index (χ2v) is 5.59. The molecule has 0 bridgehead atoms. The van der Waals surface area contributed by atoms with Crippen LogP contribution in [-0.4, -0.2) is 22.6 Å². The molecule has 1 atom stereocenters. The molecule has 5 heteroatoms. The summed E-state index contributed by atoms with van der Waals surface area (Å²) in [4.78, 5) is 8.28. The summed E-state index contributed by atoms with van der Waals surface area (Å²) in [6, 6.07) is 8.53. The van der Waals surface area contributed by atoms with Gasteiger partial charge in [-0.15, -0.1) is 0 Å². The molecule has 0 amide bonds. The van der Waals surface area contributed by atoms with E-state index in [1.807, 2.05) is 13.8 Å². The molecule has 1 unspecified atom stereocenters. The fourth-order valence-corrected chi connectivity index (χ4v) is 2.60. The van der Waals surface area contributed by atoms with Crippen molar-refractivity contribution in [3.8, 4) is 5.88 Å². The molecule has 0 radical (unpaired) electrons. The number of nitrogens with zero attached hydrogens (tertiary/aromatic N) is 2. The first kappa shape index (κ1) is 13.7. The molecule has 1 aliphatic rings. The quantitative estimate of drug-likeness (QED) is 0.883. The number of fused-ring (bicyclic) bond motifs is 1. The Labute approximate surface area is 124 Å². The molecule has 1 aliphatic carbocycles. The molecule has 0 fully saturated rings. The molecular weight excluding hydrogens is 264 g/mol. The highest BCUT2D eigenvalue weighted by Crippen LogP contribution is 2.35. The van der Waals surface area contributed by atoms with Crippen molar-refractivity contribution < 1.29 is 4.74 Å². The van der Waals surface area contributed by atoms with Gasteiger partial charge in [0.25, 0.3) is 0 Å². The zero-order chi connectivity index (χ0) is 14.8. The van der Waals surface area contributed by atoms with Crippen LogP contribution in [0.15, 0.2) is 30.6 Å². The van der Waals surface area contributed by atoms with Gasteiger partial charge in [-0.1, -0.05) is 24.3 Å². The third-order valence-electron chi connectivity index (χ3n) is 3.67. The highest BCUT2D eigenvalue weighted by atomic mass is 16.5. The molecule has 0 spiro atoms. The van der Waals surface area contributed by atoms with Crippen LogP contribution in [0, 0.1) is 0 Å². The number of hydrogen-bond donors (Lipinski definition) is 2. The number of rotatable bonds is 5. The number of nitrogen functional groups attached to an aromatic ring is 1. The maximum atomic E-state index is 6.06. The Hall–Kier alpha value is -2.30. The lowest BCUT2D eigenvalue weighted by molar-refractivity contribution is 0.234. The van der Waals surface area contributed by atoms with Gasteiger partial charge in [0, 0.05) is 12.5 Å². The van der Waals surface area contributed by atoms with Crippen LogP contribution in [0.1, 0.15) is 30.9 Å². The Kier molecular flexibility index (Phi) is 3.64. The minimum atomic E-state index is 0.0357. The largest absolute Gasteiger partial charge is 0.473 e. The van der Waals surface area contributed by atoms with Gasteiger partial charge in [-0.3, -0.25) is 0 Å². The fraction of sp³-hybridized carbons (Fsp3) is 0.375. The molecule has 21 heavy (non-hydrogen) atoms. The first-order valence-corrected chi connectivity index (χ1v) is 7.24. The summed E-state index contributed by atoms with van der Waals surface area (Å²) in [6.45, 7) is 4.71. The van der Waals surface area contributed by atoms with Crippen molar-refractivity contribution in [3.05, 3.63) is 41.7 Å². The molecule has 1 aromatic heterocycles. The van der Waals surface area contributed by atoms with E-state index in [9.17, 15) is 0 Å². The third kappa shape index (κ3) is 2.77. The Morgan fingerprint density at radius 3 is 2.90 bits per heavy atom. The van der Waals surface area contributed by atoms with Gasteiger partial charge in [-0.2, -0.15) is 4.98 Å². The Bertz CT molecular complexity index is 642. The van der Waals surface area contributed by atoms with Crippen LogP contribution in [0.2, 0.25) is 0 Å². The van der Waals surface area contributed by atoms with E-state index in [0.29, 0.717) is 23.3 Å². The van der Waals surface area contributed by atoms with E-state index in [2.05, 4.69) is 39.6 Å². The number of anilines is 2. The van der Waals surface area contributed by atoms with E-state index in [-0.39, 0.29) is 6.10 Å². The van der Waals surface area contributed by atoms with E-state index in [4.69, 9.17) is 10.5 Å². The van der Waals surface area contributed by atoms with Gasteiger partial charge in [0.05, 0.1) is 6.10 Å². The van der Waals surface area contributed by atoms with Gasteiger partial charge < -0.3 is 15.8 Å². The molecule has 3 rings (SSSR count). The highest BCUT2D eigenvalue weighted by Gasteiger charge is 2.25. The first-order valence-electron chi connectivity index (χ1n) is 7.24. The van der Waals surface area contributed by atoms with Crippen LogP contribution < -0.4 is 15.8 Å². The maximum absolute atomic E-state index is 6.06. The first-order chi connectivity index (χ1) is 10.1. The average Bonchev–Trinajstić information content (AvgIpc) is 2.43. The summed E-state index contributed by atoms with van der Waals surface area (Å²) < 4.78 is 5.57. The highest BCUT2D eigenvalue weighted by molar-refractivity contribution is 5.66. The normalized spacial score (nSPS) is 16.2. The molecule has 1 aromatic carbocycles. The monoisotopic (exact) mass is 284 g/mol. The van der Waals surface area contributed by atoms with Crippen LogP contribution >= 0.6 is 0 Å². The second-order valence-electron chi connectivity index (χ2n) is 5.59. The number of hydrogen-bond acceptors (Lipinski definition) is 5. The van der Waals surface area contributed by atoms with Crippen molar-refractivity contribution in [1.82, 2.24) is 9.97 Å². The number of aromatic nitrogens is 2. The van der Waals surface area contributed by atoms with Gasteiger partial charge >= 0.3 is 0 Å². The average molecular weight is 284 g/mol. The van der Waals surface area contributed by atoms with E-state index in [1.54, 1.807) is 0 Å². The van der Waals surface area contributed by atoms with Crippen LogP contribution in [0.5, 0.6) is 5.88 Å². The van der Waals surface area contributed by atoms with Crippen LogP contribution in [0.25, 0.3) is 0 Å². The van der Waals surface area contributed by atoms with Gasteiger partial charge in [0.2, 0.25) is 5.88 Å². The number of nitrogens with two attached hydrogens (primary N) is 1. The van der Waals surface area contributed by atoms with Crippen LogP contribution in [-0.2, 0) is 6.42 Å². The number of ether oxygens (including phenoxy) is 1. The predicted octanol–water partition coefficient (Wildman–Crippen LogP) is 2.60. The zero-order valence-corrected chi connectivity index (χ0v) is 12.3. The summed E-state index contributed by atoms with van der Waals surface area (Å²) in [5.74, 6) is 1.60. The van der Waals surface area contributed by atoms with Gasteiger partial charge in [-0.05, 0) is 31.4 Å². The van der Waals surface area contributed by atoms with E-state index >= 15 is 0 Å². The van der Waals surface area contributed by atoms with Crippen molar-refractivity contribution in [2.24, 2.45) is 0 Å². The lowest BCUT2D eigenvalue weighted by Crippen LogP contribution is -2.25. The molecule has 0 saturated heterocycles. The molecule has 1 heterocycles. The molecule has 5 nitrogen and oxygen atoms in total. The van der Waals surface area contributed by atoms with Gasteiger partial charge in [0.15, 0.2) is 5.82 Å². The van der Waals surface area contributed by atoms with E-state index < -0.39 is 0 Å². The van der Waals surface area contributed by atoms with Crippen molar-refractivity contribution in [2.45, 2.75) is 32.3 Å². The van der Waals surface area contributed by atoms with Crippen molar-refractivity contribution in [3.63, 3.8) is 0 Å². The summed E-state index contributed by atoms with van der Waals surface area (Å²) in [6.07, 6.45) is 2.61. The second kappa shape index (κ2) is 5.60. The molecular formula is C16H20N4O. The fourth-order valence-electron chi connectivity index (χ4n) is 2.60. The SMILES string of the molecule is CC(C)Oc1ncnc(NCC2Cc3ccccc32)c1N. The number of benzene rings is 1. The minimum absolute atomic E-state index is 0.0357. The standard InChI is InChI=1S/C16H20N4O/c1-10(2)21-16-14(17)15(19-9-20-16)18-8-12-7-11-5-3-4-6-13(11)12/h3-6,9-10,12H,7-8,17H2,1-2H3,(H,18,19,20). The molecule has 3 N–H and O–H groups in total. The molecule has 0 aliphatic heterocycles. The Balaban J connectivity index is 1.67. The van der Waals surface area contributed by atoms with E-state index in [0.717, 1.165) is 13.0 Å². The predicted molar refractivity (Wildman–Crippen MR) is 83.6 cm³/mol. The maximum Gasteiger partial charge on any atom is 0.242 e. The molecule has 2 aromatic rings. The number of nitrogens with one attached hydrogen (secondary N) is 1. The van der Waals surface area contributed by atoms with Crippen molar-refractivity contribution in [2.75, 3.05) is 17.6 Å². The zero-order valence-electron chi connectivity index (χ0n) is 12.3. The summed E-state index contributed by atoms with van der Waals surface area (Å²) in [5, 5.41) is 3.31. The summed E-state index contributed by atoms with van der Waals surface area (Å²) in [5.41, 5.74) is 9.38. The minimum Gasteiger partial charge on any atom is -0.473 e. The summed E-state index contributed by atoms with van der Waals surface area (Å²) in [7, 11) is 0. The lowest BCUT2D eigenvalue weighted by Gasteiger charge is -2.30. The lowest BCUT2D eigenvalue weighted by atomic mass is 9.77. The van der Waals surface area contributed by atoms with Crippen molar-refractivity contribution in [1.29, 1.82) is 0 Å². The Morgan fingerprint density at radius 1 is 1.33 bits per heavy atom.